The minimum Gasteiger partial charge on any atom is -0.478 e. The highest BCUT2D eigenvalue weighted by Gasteiger charge is 2.19. The van der Waals surface area contributed by atoms with Gasteiger partial charge in [-0.25, -0.2) is 9.78 Å². The molecule has 4 rings (SSSR count). The van der Waals surface area contributed by atoms with Crippen molar-refractivity contribution in [2.45, 2.75) is 6.92 Å². The van der Waals surface area contributed by atoms with Crippen molar-refractivity contribution in [2.75, 3.05) is 0 Å². The van der Waals surface area contributed by atoms with Gasteiger partial charge in [0, 0.05) is 29.0 Å². The lowest BCUT2D eigenvalue weighted by Crippen LogP contribution is -2.03. The predicted octanol–water partition coefficient (Wildman–Crippen LogP) is 4.11. The van der Waals surface area contributed by atoms with Crippen molar-refractivity contribution >= 4 is 5.97 Å². The zero-order valence-corrected chi connectivity index (χ0v) is 15.1. The van der Waals surface area contributed by atoms with Crippen LogP contribution in [0.3, 0.4) is 0 Å². The molecule has 2 aromatic carbocycles. The number of nitrogens with one attached hydrogen (secondary N) is 2. The van der Waals surface area contributed by atoms with Crippen molar-refractivity contribution in [1.82, 2.24) is 15.0 Å². The fourth-order valence-electron chi connectivity index (χ4n) is 3.24. The second-order valence-electron chi connectivity index (χ2n) is 6.40. The van der Waals surface area contributed by atoms with Crippen LogP contribution in [0.5, 0.6) is 0 Å². The first-order chi connectivity index (χ1) is 13.5. The van der Waals surface area contributed by atoms with Crippen LogP contribution in [0, 0.1) is 6.92 Å². The first-order valence-electron chi connectivity index (χ1n) is 8.72. The molecule has 0 aliphatic rings. The van der Waals surface area contributed by atoms with Gasteiger partial charge in [0.25, 0.3) is 0 Å². The molecule has 4 aromatic rings. The second-order valence-corrected chi connectivity index (χ2v) is 6.40. The first-order valence-corrected chi connectivity index (χ1v) is 8.72. The van der Waals surface area contributed by atoms with Gasteiger partial charge >= 0.3 is 5.97 Å². The third-order valence-corrected chi connectivity index (χ3v) is 4.63. The first kappa shape index (κ1) is 17.5. The molecule has 0 fully saturated rings. The molecular formula is C22H17N3O3. The molecule has 0 saturated heterocycles. The zero-order chi connectivity index (χ0) is 19.7. The minimum atomic E-state index is -0.986. The summed E-state index contributed by atoms with van der Waals surface area (Å²) in [6, 6.07) is 18.0. The number of aromatic carboxylic acids is 1. The Morgan fingerprint density at radius 3 is 2.50 bits per heavy atom. The Bertz CT molecular complexity index is 1220. The van der Waals surface area contributed by atoms with Crippen LogP contribution in [0.2, 0.25) is 0 Å². The molecule has 6 nitrogen and oxygen atoms in total. The number of hydrogen-bond donors (Lipinski definition) is 3. The number of carboxylic acids is 1. The van der Waals surface area contributed by atoms with Crippen LogP contribution in [0.15, 0.2) is 71.7 Å². The van der Waals surface area contributed by atoms with Crippen LogP contribution < -0.4 is 5.56 Å². The number of nitrogens with zero attached hydrogens (tertiary/aromatic N) is 1. The number of pyridine rings is 1. The highest BCUT2D eigenvalue weighted by atomic mass is 16.4. The topological polar surface area (TPSA) is 98.8 Å². The Labute approximate surface area is 160 Å². The number of carboxylic acid groups (broad SMARTS) is 1. The molecule has 138 valence electrons. The molecular weight excluding hydrogens is 354 g/mol. The molecule has 0 unspecified atom stereocenters. The Morgan fingerprint density at radius 1 is 1.00 bits per heavy atom. The summed E-state index contributed by atoms with van der Waals surface area (Å²) in [5.74, 6) is -0.342. The number of aromatic nitrogens is 3. The molecule has 6 heteroatoms. The third-order valence-electron chi connectivity index (χ3n) is 4.63. The fourth-order valence-corrected chi connectivity index (χ4v) is 3.24. The van der Waals surface area contributed by atoms with Crippen LogP contribution in [-0.4, -0.2) is 26.0 Å². The molecule has 0 aliphatic carbocycles. The molecule has 0 bridgehead atoms. The van der Waals surface area contributed by atoms with E-state index in [1.165, 1.54) is 6.07 Å². The molecule has 0 saturated carbocycles. The normalized spacial score (nSPS) is 10.8. The van der Waals surface area contributed by atoms with Gasteiger partial charge in [0.05, 0.1) is 17.0 Å². The maximum atomic E-state index is 11.8. The maximum Gasteiger partial charge on any atom is 0.335 e. The molecule has 0 amide bonds. The van der Waals surface area contributed by atoms with Crippen LogP contribution >= 0.6 is 0 Å². The standard InChI is InChI=1S/C22H17N3O3/c1-13-16(8-5-9-17(13)22(27)28)20-19(15-10-11-23-18(26)12-15)24-21(25-20)14-6-3-2-4-7-14/h2-12H,1H3,(H,23,26)(H,24,25)(H,27,28). The molecule has 2 heterocycles. The Kier molecular flexibility index (Phi) is 4.37. The molecule has 0 radical (unpaired) electrons. The number of hydrogen-bond acceptors (Lipinski definition) is 3. The van der Waals surface area contributed by atoms with Crippen molar-refractivity contribution in [3.8, 4) is 33.9 Å². The van der Waals surface area contributed by atoms with Gasteiger partial charge in [-0.15, -0.1) is 0 Å². The lowest BCUT2D eigenvalue weighted by Gasteiger charge is -2.09. The third kappa shape index (κ3) is 3.12. The zero-order valence-electron chi connectivity index (χ0n) is 15.1. The molecule has 0 atom stereocenters. The van der Waals surface area contributed by atoms with E-state index in [0.29, 0.717) is 28.3 Å². The summed E-state index contributed by atoms with van der Waals surface area (Å²) in [5, 5.41) is 9.47. The summed E-state index contributed by atoms with van der Waals surface area (Å²) in [4.78, 5) is 34.0. The Balaban J connectivity index is 1.99. The van der Waals surface area contributed by atoms with E-state index in [1.807, 2.05) is 36.4 Å². The number of H-pyrrole nitrogens is 2. The molecule has 0 aliphatic heterocycles. The number of carbonyl (C=O) groups is 1. The van der Waals surface area contributed by atoms with E-state index < -0.39 is 5.97 Å². The van der Waals surface area contributed by atoms with E-state index in [2.05, 4.69) is 9.97 Å². The molecule has 3 N–H and O–H groups in total. The van der Waals surface area contributed by atoms with E-state index in [0.717, 1.165) is 11.1 Å². The monoisotopic (exact) mass is 371 g/mol. The van der Waals surface area contributed by atoms with Crippen molar-refractivity contribution in [3.05, 3.63) is 88.3 Å². The Hall–Kier alpha value is -3.93. The van der Waals surface area contributed by atoms with Gasteiger partial charge in [0.2, 0.25) is 5.56 Å². The minimum absolute atomic E-state index is 0.227. The summed E-state index contributed by atoms with van der Waals surface area (Å²) < 4.78 is 0. The van der Waals surface area contributed by atoms with E-state index in [-0.39, 0.29) is 11.1 Å². The van der Waals surface area contributed by atoms with Crippen LogP contribution in [0.4, 0.5) is 0 Å². The molecule has 28 heavy (non-hydrogen) atoms. The van der Waals surface area contributed by atoms with Gasteiger partial charge in [0.15, 0.2) is 0 Å². The summed E-state index contributed by atoms with van der Waals surface area (Å²) in [5.41, 5.74) is 4.16. The molecule has 0 spiro atoms. The van der Waals surface area contributed by atoms with Gasteiger partial charge in [0.1, 0.15) is 5.82 Å². The predicted molar refractivity (Wildman–Crippen MR) is 107 cm³/mol. The Morgan fingerprint density at radius 2 is 1.79 bits per heavy atom. The highest BCUT2D eigenvalue weighted by molar-refractivity contribution is 5.93. The van der Waals surface area contributed by atoms with Crippen molar-refractivity contribution in [3.63, 3.8) is 0 Å². The van der Waals surface area contributed by atoms with Crippen molar-refractivity contribution in [2.24, 2.45) is 0 Å². The summed E-state index contributed by atoms with van der Waals surface area (Å²) in [6.45, 7) is 1.77. The van der Waals surface area contributed by atoms with Gasteiger partial charge < -0.3 is 15.1 Å². The quantitative estimate of drug-likeness (QED) is 0.503. The van der Waals surface area contributed by atoms with E-state index in [4.69, 9.17) is 4.98 Å². The lowest BCUT2D eigenvalue weighted by molar-refractivity contribution is 0.0696. The SMILES string of the molecule is Cc1c(C(=O)O)cccc1-c1[nH]c(-c2ccccc2)nc1-c1cc[nH]c(=O)c1. The number of benzene rings is 2. The van der Waals surface area contributed by atoms with Crippen LogP contribution in [0.1, 0.15) is 15.9 Å². The molecule has 2 aromatic heterocycles. The number of imidazole rings is 1. The second kappa shape index (κ2) is 7.00. The van der Waals surface area contributed by atoms with Gasteiger partial charge in [-0.05, 0) is 24.6 Å². The van der Waals surface area contributed by atoms with Crippen LogP contribution in [-0.2, 0) is 0 Å². The summed E-state index contributed by atoms with van der Waals surface area (Å²) in [6.07, 6.45) is 1.57. The van der Waals surface area contributed by atoms with E-state index >= 15 is 0 Å². The van der Waals surface area contributed by atoms with E-state index in [9.17, 15) is 14.7 Å². The lowest BCUT2D eigenvalue weighted by atomic mass is 9.97. The van der Waals surface area contributed by atoms with Crippen LogP contribution in [0.25, 0.3) is 33.9 Å². The van der Waals surface area contributed by atoms with Crippen molar-refractivity contribution in [1.29, 1.82) is 0 Å². The van der Waals surface area contributed by atoms with Crippen molar-refractivity contribution < 1.29 is 9.90 Å². The largest absolute Gasteiger partial charge is 0.478 e. The smallest absolute Gasteiger partial charge is 0.335 e. The number of rotatable bonds is 4. The summed E-state index contributed by atoms with van der Waals surface area (Å²) in [7, 11) is 0. The fraction of sp³-hybridized carbons (Fsp3) is 0.0455. The average Bonchev–Trinajstić information content (AvgIpc) is 3.14. The van der Waals surface area contributed by atoms with E-state index in [1.54, 1.807) is 31.3 Å². The maximum absolute atomic E-state index is 11.8. The highest BCUT2D eigenvalue weighted by Crippen LogP contribution is 2.35. The summed E-state index contributed by atoms with van der Waals surface area (Å²) >= 11 is 0. The number of aromatic amines is 2. The average molecular weight is 371 g/mol. The van der Waals surface area contributed by atoms with Gasteiger partial charge in [-0.1, -0.05) is 42.5 Å². The van der Waals surface area contributed by atoms with Gasteiger partial charge in [-0.3, -0.25) is 4.79 Å². The van der Waals surface area contributed by atoms with Gasteiger partial charge in [-0.2, -0.15) is 0 Å².